The second kappa shape index (κ2) is 3.30. The van der Waals surface area contributed by atoms with E-state index in [1.165, 1.54) is 0 Å². The van der Waals surface area contributed by atoms with E-state index in [4.69, 9.17) is 0 Å². The van der Waals surface area contributed by atoms with Gasteiger partial charge in [0.05, 0.1) is 5.69 Å². The first-order valence-electron chi connectivity index (χ1n) is 3.90. The van der Waals surface area contributed by atoms with E-state index in [1.54, 1.807) is 10.9 Å². The van der Waals surface area contributed by atoms with Gasteiger partial charge in [-0.05, 0) is 41.1 Å². The van der Waals surface area contributed by atoms with Gasteiger partial charge in [0.25, 0.3) is 0 Å². The van der Waals surface area contributed by atoms with Crippen LogP contribution in [0.2, 0.25) is 0 Å². The van der Waals surface area contributed by atoms with Gasteiger partial charge in [0.1, 0.15) is 0 Å². The highest BCUT2D eigenvalue weighted by molar-refractivity contribution is 9.10. The fourth-order valence-electron chi connectivity index (χ4n) is 1.06. The summed E-state index contributed by atoms with van der Waals surface area (Å²) < 4.78 is 2.75. The third-order valence-electron chi connectivity index (χ3n) is 1.75. The van der Waals surface area contributed by atoms with Crippen molar-refractivity contribution in [1.29, 1.82) is 0 Å². The van der Waals surface area contributed by atoms with Crippen LogP contribution in [-0.4, -0.2) is 14.8 Å². The Hall–Kier alpha value is -1.16. The van der Waals surface area contributed by atoms with E-state index in [2.05, 4.69) is 26.0 Å². The van der Waals surface area contributed by atoms with Gasteiger partial charge in [-0.1, -0.05) is 0 Å². The summed E-state index contributed by atoms with van der Waals surface area (Å²) in [7, 11) is 0. The van der Waals surface area contributed by atoms with Crippen LogP contribution in [0.1, 0.15) is 5.69 Å². The minimum Gasteiger partial charge on any atom is -0.233 e. The van der Waals surface area contributed by atoms with Crippen LogP contribution in [0.15, 0.2) is 35.1 Å². The number of rotatable bonds is 1. The largest absolute Gasteiger partial charge is 0.233 e. The Labute approximate surface area is 84.5 Å². The molecule has 0 saturated carbocycles. The third kappa shape index (κ3) is 1.62. The number of aryl methyl sites for hydroxylation is 1. The summed E-state index contributed by atoms with van der Waals surface area (Å²) in [6.45, 7) is 1.96. The molecule has 0 aromatic carbocycles. The van der Waals surface area contributed by atoms with E-state index < -0.39 is 0 Å². The van der Waals surface area contributed by atoms with Crippen molar-refractivity contribution >= 4 is 15.9 Å². The SMILES string of the molecule is Cc1nc(-n2cccn2)ccc1Br. The zero-order valence-corrected chi connectivity index (χ0v) is 8.69. The highest BCUT2D eigenvalue weighted by Crippen LogP contribution is 2.15. The maximum atomic E-state index is 4.37. The summed E-state index contributed by atoms with van der Waals surface area (Å²) in [5.74, 6) is 0.839. The molecule has 0 spiro atoms. The van der Waals surface area contributed by atoms with E-state index in [0.29, 0.717) is 0 Å². The van der Waals surface area contributed by atoms with E-state index in [0.717, 1.165) is 16.0 Å². The molecular weight excluding hydrogens is 230 g/mol. The standard InChI is InChI=1S/C9H8BrN3/c1-7-8(10)3-4-9(12-7)13-6-2-5-11-13/h2-6H,1H3. The molecule has 0 unspecified atom stereocenters. The molecule has 2 heterocycles. The summed E-state index contributed by atoms with van der Waals surface area (Å²) >= 11 is 3.40. The predicted molar refractivity (Wildman–Crippen MR) is 53.8 cm³/mol. The summed E-state index contributed by atoms with van der Waals surface area (Å²) in [4.78, 5) is 4.37. The van der Waals surface area contributed by atoms with Crippen molar-refractivity contribution in [2.45, 2.75) is 6.92 Å². The smallest absolute Gasteiger partial charge is 0.153 e. The molecule has 2 aromatic heterocycles. The maximum Gasteiger partial charge on any atom is 0.153 e. The molecule has 0 atom stereocenters. The van der Waals surface area contributed by atoms with Gasteiger partial charge in [-0.2, -0.15) is 5.10 Å². The normalized spacial score (nSPS) is 10.3. The van der Waals surface area contributed by atoms with Crippen molar-refractivity contribution in [3.05, 3.63) is 40.8 Å². The summed E-state index contributed by atoms with van der Waals surface area (Å²) in [5, 5.41) is 4.10. The van der Waals surface area contributed by atoms with Crippen molar-refractivity contribution in [2.24, 2.45) is 0 Å². The lowest BCUT2D eigenvalue weighted by Crippen LogP contribution is -1.98. The molecule has 0 fully saturated rings. The average Bonchev–Trinajstić information content (AvgIpc) is 2.62. The molecule has 0 amide bonds. The molecule has 13 heavy (non-hydrogen) atoms. The Balaban J connectivity index is 2.49. The number of pyridine rings is 1. The molecule has 2 rings (SSSR count). The quantitative estimate of drug-likeness (QED) is 0.763. The number of aromatic nitrogens is 3. The van der Waals surface area contributed by atoms with Crippen molar-refractivity contribution in [3.8, 4) is 5.82 Å². The summed E-state index contributed by atoms with van der Waals surface area (Å²) in [5.41, 5.74) is 0.966. The van der Waals surface area contributed by atoms with Crippen LogP contribution in [0.4, 0.5) is 0 Å². The molecule has 66 valence electrons. The van der Waals surface area contributed by atoms with E-state index in [-0.39, 0.29) is 0 Å². The second-order valence-corrected chi connectivity index (χ2v) is 3.54. The summed E-state index contributed by atoms with van der Waals surface area (Å²) in [6.07, 6.45) is 3.61. The van der Waals surface area contributed by atoms with E-state index in [1.807, 2.05) is 31.3 Å². The van der Waals surface area contributed by atoms with Crippen LogP contribution in [0.5, 0.6) is 0 Å². The highest BCUT2D eigenvalue weighted by Gasteiger charge is 2.00. The molecule has 0 aliphatic rings. The minimum atomic E-state index is 0.839. The van der Waals surface area contributed by atoms with Crippen molar-refractivity contribution in [2.75, 3.05) is 0 Å². The van der Waals surface area contributed by atoms with Gasteiger partial charge in [-0.15, -0.1) is 0 Å². The first-order chi connectivity index (χ1) is 6.27. The molecule has 3 nitrogen and oxygen atoms in total. The van der Waals surface area contributed by atoms with Crippen LogP contribution >= 0.6 is 15.9 Å². The minimum absolute atomic E-state index is 0.839. The molecule has 0 N–H and O–H groups in total. The van der Waals surface area contributed by atoms with Gasteiger partial charge in [0.15, 0.2) is 5.82 Å². The van der Waals surface area contributed by atoms with Gasteiger partial charge in [-0.3, -0.25) is 0 Å². The lowest BCUT2D eigenvalue weighted by atomic mass is 10.4. The molecule has 0 bridgehead atoms. The average molecular weight is 238 g/mol. The van der Waals surface area contributed by atoms with Crippen molar-refractivity contribution in [3.63, 3.8) is 0 Å². The monoisotopic (exact) mass is 237 g/mol. The Bertz CT molecular complexity index is 409. The number of halogens is 1. The lowest BCUT2D eigenvalue weighted by molar-refractivity contribution is 0.839. The first kappa shape index (κ1) is 8.44. The van der Waals surface area contributed by atoms with Gasteiger partial charge in [0.2, 0.25) is 0 Å². The van der Waals surface area contributed by atoms with Gasteiger partial charge in [-0.25, -0.2) is 9.67 Å². The third-order valence-corrected chi connectivity index (χ3v) is 2.58. The molecule has 0 aliphatic carbocycles. The van der Waals surface area contributed by atoms with E-state index >= 15 is 0 Å². The van der Waals surface area contributed by atoms with E-state index in [9.17, 15) is 0 Å². The van der Waals surface area contributed by atoms with Gasteiger partial charge >= 0.3 is 0 Å². The Morgan fingerprint density at radius 3 is 2.85 bits per heavy atom. The fraction of sp³-hybridized carbons (Fsp3) is 0.111. The highest BCUT2D eigenvalue weighted by atomic mass is 79.9. The molecule has 2 aromatic rings. The topological polar surface area (TPSA) is 30.7 Å². The van der Waals surface area contributed by atoms with Crippen LogP contribution in [0.25, 0.3) is 5.82 Å². The number of hydrogen-bond donors (Lipinski definition) is 0. The Morgan fingerprint density at radius 2 is 2.23 bits per heavy atom. The van der Waals surface area contributed by atoms with Crippen molar-refractivity contribution in [1.82, 2.24) is 14.8 Å². The molecule has 0 radical (unpaired) electrons. The van der Waals surface area contributed by atoms with Crippen LogP contribution in [-0.2, 0) is 0 Å². The zero-order valence-electron chi connectivity index (χ0n) is 7.11. The molecule has 0 aliphatic heterocycles. The molecule has 0 saturated heterocycles. The molecule has 4 heteroatoms. The van der Waals surface area contributed by atoms with Gasteiger partial charge in [0, 0.05) is 16.9 Å². The van der Waals surface area contributed by atoms with Crippen LogP contribution in [0.3, 0.4) is 0 Å². The number of hydrogen-bond acceptors (Lipinski definition) is 2. The predicted octanol–water partition coefficient (Wildman–Crippen LogP) is 2.34. The Morgan fingerprint density at radius 1 is 1.38 bits per heavy atom. The summed E-state index contributed by atoms with van der Waals surface area (Å²) in [6, 6.07) is 5.77. The van der Waals surface area contributed by atoms with Crippen LogP contribution in [0, 0.1) is 6.92 Å². The first-order valence-corrected chi connectivity index (χ1v) is 4.70. The lowest BCUT2D eigenvalue weighted by Gasteiger charge is -2.02. The van der Waals surface area contributed by atoms with Gasteiger partial charge < -0.3 is 0 Å². The molecular formula is C9H8BrN3. The van der Waals surface area contributed by atoms with Crippen molar-refractivity contribution < 1.29 is 0 Å². The Kier molecular flexibility index (Phi) is 2.14. The zero-order chi connectivity index (χ0) is 9.26. The van der Waals surface area contributed by atoms with Crippen LogP contribution < -0.4 is 0 Å². The number of nitrogens with zero attached hydrogens (tertiary/aromatic N) is 3. The second-order valence-electron chi connectivity index (χ2n) is 2.69. The fourth-order valence-corrected chi connectivity index (χ4v) is 1.28. The maximum absolute atomic E-state index is 4.37.